The summed E-state index contributed by atoms with van der Waals surface area (Å²) in [4.78, 5) is 7.41. The molecule has 0 radical (unpaired) electrons. The maximum Gasteiger partial charge on any atom is 0.218 e. The molecule has 0 bridgehead atoms. The van der Waals surface area contributed by atoms with Crippen LogP contribution in [0.2, 0.25) is 0 Å². The predicted octanol–water partition coefficient (Wildman–Crippen LogP) is 0.475. The van der Waals surface area contributed by atoms with E-state index in [2.05, 4.69) is 15.3 Å². The lowest BCUT2D eigenvalue weighted by Crippen LogP contribution is -2.28. The maximum absolute atomic E-state index is 12.5. The molecule has 2 unspecified atom stereocenters. The third-order valence-corrected chi connectivity index (χ3v) is 3.64. The topological polar surface area (TPSA) is 54.9 Å². The summed E-state index contributed by atoms with van der Waals surface area (Å²) < 4.78 is 24.3. The Bertz CT molecular complexity index is 351. The number of hydrogen-bond acceptors (Lipinski definition) is 4. The zero-order chi connectivity index (χ0) is 10.7. The minimum Gasteiger partial charge on any atom is -0.313 e. The number of halogens is 1. The summed E-state index contributed by atoms with van der Waals surface area (Å²) in [7, 11) is -1.23. The molecule has 0 spiro atoms. The molecule has 0 amide bonds. The van der Waals surface area contributed by atoms with Crippen LogP contribution >= 0.6 is 0 Å². The molecule has 1 aromatic rings. The minimum atomic E-state index is -1.23. The molecule has 1 saturated heterocycles. The molecule has 0 aliphatic carbocycles. The van der Waals surface area contributed by atoms with Crippen LogP contribution in [-0.2, 0) is 10.8 Å². The van der Waals surface area contributed by atoms with Crippen molar-refractivity contribution in [2.24, 2.45) is 0 Å². The van der Waals surface area contributed by atoms with Crippen molar-refractivity contribution in [3.63, 3.8) is 0 Å². The highest BCUT2D eigenvalue weighted by atomic mass is 32.2. The van der Waals surface area contributed by atoms with Crippen LogP contribution in [0, 0.1) is 5.82 Å². The maximum atomic E-state index is 12.5. The Labute approximate surface area is 89.8 Å². The van der Waals surface area contributed by atoms with Gasteiger partial charge in [0, 0.05) is 11.8 Å². The van der Waals surface area contributed by atoms with Crippen LogP contribution in [0.5, 0.6) is 0 Å². The van der Waals surface area contributed by atoms with Gasteiger partial charge in [0.25, 0.3) is 0 Å². The van der Waals surface area contributed by atoms with E-state index < -0.39 is 16.6 Å². The molecule has 1 fully saturated rings. The first-order valence-electron chi connectivity index (χ1n) is 4.85. The zero-order valence-electron chi connectivity index (χ0n) is 8.15. The smallest absolute Gasteiger partial charge is 0.218 e. The van der Waals surface area contributed by atoms with Crippen molar-refractivity contribution < 1.29 is 8.60 Å². The molecule has 4 nitrogen and oxygen atoms in total. The van der Waals surface area contributed by atoms with E-state index in [0.717, 1.165) is 31.8 Å². The number of rotatable bonds is 3. The van der Waals surface area contributed by atoms with E-state index >= 15 is 0 Å². The Kier molecular flexibility index (Phi) is 3.37. The quantitative estimate of drug-likeness (QED) is 0.766. The minimum absolute atomic E-state index is 0.213. The van der Waals surface area contributed by atoms with Gasteiger partial charge < -0.3 is 5.32 Å². The number of hydrogen-bond donors (Lipinski definition) is 1. The standard InChI is InChI=1S/C9H12FN3OS/c10-7-4-12-9(13-5-7)15(14)6-8-2-1-3-11-8/h4-5,8,11H,1-3,6H2. The molecule has 82 valence electrons. The third kappa shape index (κ3) is 2.79. The van der Waals surface area contributed by atoms with Crippen molar-refractivity contribution >= 4 is 10.8 Å². The Hall–Kier alpha value is -0.880. The first kappa shape index (κ1) is 10.6. The summed E-state index contributed by atoms with van der Waals surface area (Å²) in [5.41, 5.74) is 0. The fourth-order valence-electron chi connectivity index (χ4n) is 1.57. The van der Waals surface area contributed by atoms with Crippen molar-refractivity contribution in [1.29, 1.82) is 0 Å². The van der Waals surface area contributed by atoms with Gasteiger partial charge in [-0.3, -0.25) is 4.21 Å². The van der Waals surface area contributed by atoms with E-state index in [4.69, 9.17) is 0 Å². The summed E-state index contributed by atoms with van der Waals surface area (Å²) in [5, 5.41) is 3.46. The molecule has 1 aliphatic heterocycles. The van der Waals surface area contributed by atoms with Gasteiger partial charge in [0.1, 0.15) is 0 Å². The highest BCUT2D eigenvalue weighted by molar-refractivity contribution is 7.84. The molecule has 2 atom stereocenters. The fourth-order valence-corrected chi connectivity index (χ4v) is 2.71. The summed E-state index contributed by atoms with van der Waals surface area (Å²) in [6, 6.07) is 0.277. The Morgan fingerprint density at radius 2 is 2.27 bits per heavy atom. The Balaban J connectivity index is 1.98. The van der Waals surface area contributed by atoms with Crippen molar-refractivity contribution in [1.82, 2.24) is 15.3 Å². The van der Waals surface area contributed by atoms with Crippen LogP contribution in [0.1, 0.15) is 12.8 Å². The van der Waals surface area contributed by atoms with Gasteiger partial charge in [-0.1, -0.05) is 0 Å². The zero-order valence-corrected chi connectivity index (χ0v) is 8.97. The van der Waals surface area contributed by atoms with E-state index in [9.17, 15) is 8.60 Å². The molecule has 1 aromatic heterocycles. The number of nitrogens with one attached hydrogen (secondary N) is 1. The molecule has 15 heavy (non-hydrogen) atoms. The van der Waals surface area contributed by atoms with Crippen LogP contribution in [0.4, 0.5) is 4.39 Å². The first-order chi connectivity index (χ1) is 7.25. The Morgan fingerprint density at radius 3 is 2.87 bits per heavy atom. The van der Waals surface area contributed by atoms with E-state index in [1.807, 2.05) is 0 Å². The highest BCUT2D eigenvalue weighted by Crippen LogP contribution is 2.09. The molecule has 0 saturated carbocycles. The molecular formula is C9H12FN3OS. The van der Waals surface area contributed by atoms with Crippen LogP contribution in [-0.4, -0.2) is 32.5 Å². The fraction of sp³-hybridized carbons (Fsp3) is 0.556. The lowest BCUT2D eigenvalue weighted by molar-refractivity contribution is 0.600. The largest absolute Gasteiger partial charge is 0.313 e. The lowest BCUT2D eigenvalue weighted by Gasteiger charge is -2.07. The molecule has 1 N–H and O–H groups in total. The van der Waals surface area contributed by atoms with E-state index in [1.165, 1.54) is 0 Å². The average Bonchev–Trinajstić information content (AvgIpc) is 2.71. The molecule has 2 rings (SSSR count). The lowest BCUT2D eigenvalue weighted by atomic mass is 10.3. The van der Waals surface area contributed by atoms with Gasteiger partial charge in [0.2, 0.25) is 5.16 Å². The monoisotopic (exact) mass is 229 g/mol. The summed E-state index contributed by atoms with van der Waals surface area (Å²) in [6.07, 6.45) is 4.24. The highest BCUT2D eigenvalue weighted by Gasteiger charge is 2.18. The van der Waals surface area contributed by atoms with Gasteiger partial charge in [-0.15, -0.1) is 0 Å². The molecule has 1 aliphatic rings. The number of aromatic nitrogens is 2. The van der Waals surface area contributed by atoms with Gasteiger partial charge >= 0.3 is 0 Å². The summed E-state index contributed by atoms with van der Waals surface area (Å²) in [6.45, 7) is 0.978. The van der Waals surface area contributed by atoms with Crippen LogP contribution in [0.3, 0.4) is 0 Å². The van der Waals surface area contributed by atoms with Gasteiger partial charge in [0.05, 0.1) is 23.2 Å². The van der Waals surface area contributed by atoms with Crippen LogP contribution in [0.25, 0.3) is 0 Å². The van der Waals surface area contributed by atoms with E-state index in [-0.39, 0.29) is 11.2 Å². The van der Waals surface area contributed by atoms with Gasteiger partial charge in [0.15, 0.2) is 5.82 Å². The van der Waals surface area contributed by atoms with Crippen molar-refractivity contribution in [3.05, 3.63) is 18.2 Å². The van der Waals surface area contributed by atoms with Crippen molar-refractivity contribution in [2.45, 2.75) is 24.0 Å². The predicted molar refractivity (Wildman–Crippen MR) is 54.3 cm³/mol. The molecule has 6 heteroatoms. The third-order valence-electron chi connectivity index (χ3n) is 2.32. The van der Waals surface area contributed by atoms with Crippen molar-refractivity contribution in [2.75, 3.05) is 12.3 Å². The molecule has 0 aromatic carbocycles. The second-order valence-corrected chi connectivity index (χ2v) is 4.88. The second-order valence-electron chi connectivity index (χ2n) is 3.49. The van der Waals surface area contributed by atoms with Crippen LogP contribution < -0.4 is 5.32 Å². The molecule has 2 heterocycles. The molecular weight excluding hydrogens is 217 g/mol. The summed E-state index contributed by atoms with van der Waals surface area (Å²) in [5.74, 6) is 0.000719. The van der Waals surface area contributed by atoms with Gasteiger partial charge in [-0.05, 0) is 19.4 Å². The van der Waals surface area contributed by atoms with Crippen molar-refractivity contribution in [3.8, 4) is 0 Å². The SMILES string of the molecule is O=S(CC1CCCN1)c1ncc(F)cn1. The second kappa shape index (κ2) is 4.76. The Morgan fingerprint density at radius 1 is 1.53 bits per heavy atom. The van der Waals surface area contributed by atoms with Gasteiger partial charge in [-0.25, -0.2) is 14.4 Å². The van der Waals surface area contributed by atoms with Crippen LogP contribution in [0.15, 0.2) is 17.6 Å². The number of nitrogens with zero attached hydrogens (tertiary/aromatic N) is 2. The van der Waals surface area contributed by atoms with Gasteiger partial charge in [-0.2, -0.15) is 0 Å². The normalized spacial score (nSPS) is 22.9. The average molecular weight is 229 g/mol. The van der Waals surface area contributed by atoms with E-state index in [1.54, 1.807) is 0 Å². The van der Waals surface area contributed by atoms with E-state index in [0.29, 0.717) is 5.75 Å². The summed E-state index contributed by atoms with van der Waals surface area (Å²) >= 11 is 0. The first-order valence-corrected chi connectivity index (χ1v) is 6.17.